The van der Waals surface area contributed by atoms with Gasteiger partial charge in [0.1, 0.15) is 6.33 Å². The molecule has 0 unspecified atom stereocenters. The zero-order valence-corrected chi connectivity index (χ0v) is 12.5. The third kappa shape index (κ3) is 3.69. The summed E-state index contributed by atoms with van der Waals surface area (Å²) in [5, 5.41) is 13.0. The molecule has 1 heterocycles. The Bertz CT molecular complexity index is 652. The predicted octanol–water partition coefficient (Wildman–Crippen LogP) is 1.59. The number of carbonyl (C=O) groups excluding carboxylic acids is 1. The summed E-state index contributed by atoms with van der Waals surface area (Å²) in [6.45, 7) is 3.79. The summed E-state index contributed by atoms with van der Waals surface area (Å²) in [5.74, 6) is -1.25. The van der Waals surface area contributed by atoms with Gasteiger partial charge >= 0.3 is 5.97 Å². The van der Waals surface area contributed by atoms with E-state index in [4.69, 9.17) is 5.11 Å². The molecule has 0 aliphatic rings. The highest BCUT2D eigenvalue weighted by Crippen LogP contribution is 2.09. The monoisotopic (exact) mass is 302 g/mol. The third-order valence-corrected chi connectivity index (χ3v) is 3.15. The van der Waals surface area contributed by atoms with Gasteiger partial charge < -0.3 is 10.0 Å². The van der Waals surface area contributed by atoms with Crippen LogP contribution in [-0.2, 0) is 4.79 Å². The van der Waals surface area contributed by atoms with E-state index in [-0.39, 0.29) is 30.7 Å². The fourth-order valence-electron chi connectivity index (χ4n) is 2.00. The lowest BCUT2D eigenvalue weighted by Crippen LogP contribution is -2.39. The number of rotatable bonds is 6. The van der Waals surface area contributed by atoms with E-state index < -0.39 is 5.97 Å². The number of hydrogen-bond acceptors (Lipinski definition) is 4. The van der Waals surface area contributed by atoms with Crippen LogP contribution < -0.4 is 0 Å². The Morgan fingerprint density at radius 2 is 1.95 bits per heavy atom. The predicted molar refractivity (Wildman–Crippen MR) is 79.8 cm³/mol. The van der Waals surface area contributed by atoms with Crippen LogP contribution in [0.5, 0.6) is 0 Å². The number of nitrogens with zero attached hydrogens (tertiary/aromatic N) is 4. The normalized spacial score (nSPS) is 10.7. The summed E-state index contributed by atoms with van der Waals surface area (Å²) in [5.41, 5.74) is 0.802. The van der Waals surface area contributed by atoms with Crippen LogP contribution in [-0.4, -0.2) is 49.2 Å². The first-order chi connectivity index (χ1) is 10.5. The molecule has 1 aromatic carbocycles. The molecule has 0 spiro atoms. The Hall–Kier alpha value is -2.70. The Labute approximate surface area is 128 Å². The molecule has 0 aliphatic heterocycles. The molecule has 1 aromatic heterocycles. The number of aromatic nitrogens is 3. The smallest absolute Gasteiger partial charge is 0.305 e. The van der Waals surface area contributed by atoms with E-state index in [0.29, 0.717) is 0 Å². The van der Waals surface area contributed by atoms with Gasteiger partial charge in [-0.25, -0.2) is 9.67 Å². The van der Waals surface area contributed by atoms with Crippen molar-refractivity contribution in [1.82, 2.24) is 19.7 Å². The van der Waals surface area contributed by atoms with Crippen molar-refractivity contribution in [2.45, 2.75) is 26.3 Å². The van der Waals surface area contributed by atoms with Crippen LogP contribution in [0.3, 0.4) is 0 Å². The van der Waals surface area contributed by atoms with Gasteiger partial charge in [-0.1, -0.05) is 18.2 Å². The quantitative estimate of drug-likeness (QED) is 0.875. The van der Waals surface area contributed by atoms with Crippen molar-refractivity contribution >= 4 is 11.9 Å². The average molecular weight is 302 g/mol. The molecule has 2 rings (SSSR count). The lowest BCUT2D eigenvalue weighted by molar-refractivity contribution is -0.137. The van der Waals surface area contributed by atoms with Crippen LogP contribution in [0.1, 0.15) is 30.9 Å². The number of carboxylic acids is 1. The summed E-state index contributed by atoms with van der Waals surface area (Å²) >= 11 is 0. The van der Waals surface area contributed by atoms with Crippen molar-refractivity contribution in [2.75, 3.05) is 6.54 Å². The number of amides is 1. The SMILES string of the molecule is CC(C)N(CCC(=O)O)C(=O)c1ncn(-c2ccccc2)n1. The molecule has 7 heteroatoms. The molecule has 2 aromatic rings. The fourth-order valence-corrected chi connectivity index (χ4v) is 2.00. The minimum Gasteiger partial charge on any atom is -0.481 e. The van der Waals surface area contributed by atoms with Crippen LogP contribution in [0.2, 0.25) is 0 Å². The van der Waals surface area contributed by atoms with Crippen molar-refractivity contribution < 1.29 is 14.7 Å². The van der Waals surface area contributed by atoms with Crippen LogP contribution in [0.25, 0.3) is 5.69 Å². The molecule has 22 heavy (non-hydrogen) atoms. The van der Waals surface area contributed by atoms with Crippen molar-refractivity contribution in [3.8, 4) is 5.69 Å². The molecule has 0 saturated heterocycles. The van der Waals surface area contributed by atoms with Gasteiger partial charge in [0.2, 0.25) is 5.82 Å². The lowest BCUT2D eigenvalue weighted by Gasteiger charge is -2.24. The van der Waals surface area contributed by atoms with Gasteiger partial charge in [0, 0.05) is 12.6 Å². The highest BCUT2D eigenvalue weighted by Gasteiger charge is 2.23. The molecule has 0 atom stereocenters. The van der Waals surface area contributed by atoms with E-state index in [2.05, 4.69) is 10.1 Å². The molecular formula is C15H18N4O3. The molecule has 0 aliphatic carbocycles. The molecule has 0 bridgehead atoms. The second-order valence-electron chi connectivity index (χ2n) is 5.08. The maximum atomic E-state index is 12.4. The summed E-state index contributed by atoms with van der Waals surface area (Å²) < 4.78 is 1.52. The molecule has 0 fully saturated rings. The average Bonchev–Trinajstić information content (AvgIpc) is 2.97. The van der Waals surface area contributed by atoms with Crippen molar-refractivity contribution in [3.63, 3.8) is 0 Å². The summed E-state index contributed by atoms with van der Waals surface area (Å²) in [6.07, 6.45) is 1.36. The lowest BCUT2D eigenvalue weighted by atomic mass is 10.2. The molecule has 1 amide bonds. The molecule has 1 N–H and O–H groups in total. The van der Waals surface area contributed by atoms with E-state index in [1.807, 2.05) is 44.2 Å². The molecule has 0 saturated carbocycles. The molecule has 7 nitrogen and oxygen atoms in total. The van der Waals surface area contributed by atoms with Crippen LogP contribution in [0.4, 0.5) is 0 Å². The second-order valence-corrected chi connectivity index (χ2v) is 5.08. The second kappa shape index (κ2) is 6.84. The van der Waals surface area contributed by atoms with Gasteiger partial charge in [-0.05, 0) is 26.0 Å². The summed E-state index contributed by atoms with van der Waals surface area (Å²) in [7, 11) is 0. The van der Waals surface area contributed by atoms with Crippen molar-refractivity contribution in [1.29, 1.82) is 0 Å². The molecular weight excluding hydrogens is 284 g/mol. The highest BCUT2D eigenvalue weighted by atomic mass is 16.4. The Morgan fingerprint density at radius 3 is 2.55 bits per heavy atom. The Kier molecular flexibility index (Phi) is 4.88. The summed E-state index contributed by atoms with van der Waals surface area (Å²) in [6, 6.07) is 9.20. The number of aliphatic carboxylic acids is 1. The minimum atomic E-state index is -0.943. The highest BCUT2D eigenvalue weighted by molar-refractivity contribution is 5.90. The Morgan fingerprint density at radius 1 is 1.27 bits per heavy atom. The van der Waals surface area contributed by atoms with Crippen LogP contribution >= 0.6 is 0 Å². The van der Waals surface area contributed by atoms with E-state index in [9.17, 15) is 9.59 Å². The van der Waals surface area contributed by atoms with Gasteiger partial charge in [0.05, 0.1) is 12.1 Å². The number of benzene rings is 1. The maximum Gasteiger partial charge on any atom is 0.305 e. The summed E-state index contributed by atoms with van der Waals surface area (Å²) in [4.78, 5) is 28.6. The van der Waals surface area contributed by atoms with Gasteiger partial charge in [0.15, 0.2) is 0 Å². The first-order valence-electron chi connectivity index (χ1n) is 6.99. The largest absolute Gasteiger partial charge is 0.481 e. The number of para-hydroxylation sites is 1. The zero-order valence-electron chi connectivity index (χ0n) is 12.5. The standard InChI is InChI=1S/C15H18N4O3/c1-11(2)18(9-8-13(20)21)15(22)14-16-10-19(17-14)12-6-4-3-5-7-12/h3-7,10-11H,8-9H2,1-2H3,(H,20,21). The first-order valence-corrected chi connectivity index (χ1v) is 6.99. The zero-order chi connectivity index (χ0) is 16.1. The van der Waals surface area contributed by atoms with Gasteiger partial charge in [-0.2, -0.15) is 0 Å². The van der Waals surface area contributed by atoms with Crippen LogP contribution in [0, 0.1) is 0 Å². The van der Waals surface area contributed by atoms with Crippen molar-refractivity contribution in [3.05, 3.63) is 42.5 Å². The van der Waals surface area contributed by atoms with E-state index in [1.165, 1.54) is 15.9 Å². The van der Waals surface area contributed by atoms with E-state index >= 15 is 0 Å². The van der Waals surface area contributed by atoms with Gasteiger partial charge in [-0.3, -0.25) is 9.59 Å². The topological polar surface area (TPSA) is 88.3 Å². The number of carboxylic acid groups (broad SMARTS) is 1. The Balaban J connectivity index is 2.17. The fraction of sp³-hybridized carbons (Fsp3) is 0.333. The third-order valence-electron chi connectivity index (χ3n) is 3.15. The van der Waals surface area contributed by atoms with Crippen LogP contribution in [0.15, 0.2) is 36.7 Å². The van der Waals surface area contributed by atoms with Crippen molar-refractivity contribution in [2.24, 2.45) is 0 Å². The van der Waals surface area contributed by atoms with E-state index in [1.54, 1.807) is 0 Å². The molecule has 0 radical (unpaired) electrons. The first kappa shape index (κ1) is 15.7. The molecule has 116 valence electrons. The van der Waals surface area contributed by atoms with Gasteiger partial charge in [0.25, 0.3) is 5.91 Å². The number of carbonyl (C=O) groups is 2. The number of hydrogen-bond donors (Lipinski definition) is 1. The van der Waals surface area contributed by atoms with E-state index in [0.717, 1.165) is 5.69 Å². The van der Waals surface area contributed by atoms with Gasteiger partial charge in [-0.15, -0.1) is 5.10 Å². The minimum absolute atomic E-state index is 0.0583. The maximum absolute atomic E-state index is 12.4.